The Hall–Kier alpha value is -2.83. The molecular weight excluding hydrogens is 336 g/mol. The molecule has 0 saturated heterocycles. The van der Waals surface area contributed by atoms with E-state index in [9.17, 15) is 14.4 Å². The van der Waals surface area contributed by atoms with Crippen LogP contribution in [0.4, 0.5) is 4.79 Å². The Kier molecular flexibility index (Phi) is 8.34. The molecule has 0 radical (unpaired) electrons. The fourth-order valence-corrected chi connectivity index (χ4v) is 1.99. The summed E-state index contributed by atoms with van der Waals surface area (Å²) in [5.41, 5.74) is 0.171. The Morgan fingerprint density at radius 2 is 1.85 bits per heavy atom. The van der Waals surface area contributed by atoms with Crippen LogP contribution in [0.15, 0.2) is 43.0 Å². The summed E-state index contributed by atoms with van der Waals surface area (Å²) in [6, 6.07) is 8.33. The maximum absolute atomic E-state index is 12.4. The number of esters is 1. The number of carbonyl (C=O) groups is 3. The summed E-state index contributed by atoms with van der Waals surface area (Å²) in [6.07, 6.45) is 0.984. The van der Waals surface area contributed by atoms with Gasteiger partial charge in [-0.05, 0) is 26.3 Å². The predicted molar refractivity (Wildman–Crippen MR) is 97.5 cm³/mol. The Bertz CT molecular complexity index is 623. The molecule has 0 fully saturated rings. The van der Waals surface area contributed by atoms with Gasteiger partial charge in [0.15, 0.2) is 0 Å². The smallest absolute Gasteiger partial charge is 0.408 e. The summed E-state index contributed by atoms with van der Waals surface area (Å²) in [7, 11) is 0. The Balaban J connectivity index is 2.72. The molecule has 0 unspecified atom stereocenters. The van der Waals surface area contributed by atoms with E-state index in [4.69, 9.17) is 9.47 Å². The number of rotatable bonds is 8. The molecule has 0 spiro atoms. The number of benzene rings is 1. The van der Waals surface area contributed by atoms with E-state index < -0.39 is 29.6 Å². The molecule has 7 heteroatoms. The maximum Gasteiger partial charge on any atom is 0.408 e. The first-order valence-corrected chi connectivity index (χ1v) is 8.29. The van der Waals surface area contributed by atoms with Gasteiger partial charge in [0, 0.05) is 6.42 Å². The van der Waals surface area contributed by atoms with Gasteiger partial charge in [-0.25, -0.2) is 4.79 Å². The molecule has 1 aromatic carbocycles. The van der Waals surface area contributed by atoms with Gasteiger partial charge in [0.25, 0.3) is 0 Å². The molecule has 7 nitrogen and oxygen atoms in total. The number of ether oxygens (including phenoxy) is 2. The highest BCUT2D eigenvalue weighted by molar-refractivity contribution is 5.88. The van der Waals surface area contributed by atoms with Crippen molar-refractivity contribution in [2.45, 2.75) is 38.8 Å². The van der Waals surface area contributed by atoms with Crippen LogP contribution in [0.1, 0.15) is 26.3 Å². The van der Waals surface area contributed by atoms with E-state index in [0.29, 0.717) is 0 Å². The van der Waals surface area contributed by atoms with Crippen molar-refractivity contribution in [1.82, 2.24) is 10.6 Å². The minimum Gasteiger partial charge on any atom is -0.460 e. The average molecular weight is 362 g/mol. The quantitative estimate of drug-likeness (QED) is 0.545. The van der Waals surface area contributed by atoms with Gasteiger partial charge in [0.1, 0.15) is 24.8 Å². The molecule has 0 heterocycles. The molecule has 0 aliphatic rings. The van der Waals surface area contributed by atoms with Crippen LogP contribution in [-0.4, -0.2) is 42.8 Å². The molecule has 0 aliphatic heterocycles. The lowest BCUT2D eigenvalue weighted by atomic mass is 10.1. The lowest BCUT2D eigenvalue weighted by Crippen LogP contribution is -2.50. The second-order valence-corrected chi connectivity index (χ2v) is 6.58. The molecule has 2 N–H and O–H groups in total. The van der Waals surface area contributed by atoms with E-state index in [0.717, 1.165) is 5.56 Å². The van der Waals surface area contributed by atoms with Crippen LogP contribution < -0.4 is 10.6 Å². The number of nitrogens with one attached hydrogen (secondary N) is 2. The number of amides is 2. The van der Waals surface area contributed by atoms with Crippen molar-refractivity contribution >= 4 is 18.0 Å². The van der Waals surface area contributed by atoms with Crippen molar-refractivity contribution in [2.24, 2.45) is 0 Å². The Labute approximate surface area is 153 Å². The first-order valence-electron chi connectivity index (χ1n) is 8.29. The zero-order chi connectivity index (χ0) is 19.6. The lowest BCUT2D eigenvalue weighted by molar-refractivity contribution is -0.142. The van der Waals surface area contributed by atoms with E-state index in [-0.39, 0.29) is 19.6 Å². The number of hydrogen-bond donors (Lipinski definition) is 2. The van der Waals surface area contributed by atoms with Crippen LogP contribution in [0.25, 0.3) is 0 Å². The van der Waals surface area contributed by atoms with Crippen molar-refractivity contribution in [2.75, 3.05) is 13.2 Å². The molecule has 1 atom stereocenters. The summed E-state index contributed by atoms with van der Waals surface area (Å²) in [6.45, 7) is 8.40. The van der Waals surface area contributed by atoms with Crippen molar-refractivity contribution in [3.8, 4) is 0 Å². The van der Waals surface area contributed by atoms with Gasteiger partial charge in [-0.15, -0.1) is 0 Å². The molecule has 0 aromatic heterocycles. The summed E-state index contributed by atoms with van der Waals surface area (Å²) < 4.78 is 10.0. The third-order valence-electron chi connectivity index (χ3n) is 3.06. The van der Waals surface area contributed by atoms with Gasteiger partial charge in [-0.2, -0.15) is 0 Å². The normalized spacial score (nSPS) is 11.8. The molecule has 26 heavy (non-hydrogen) atoms. The number of alkyl carbamates (subject to hydrolysis) is 1. The molecule has 2 amide bonds. The van der Waals surface area contributed by atoms with E-state index in [1.165, 1.54) is 6.08 Å². The molecule has 1 aromatic rings. The summed E-state index contributed by atoms with van der Waals surface area (Å²) in [5.74, 6) is -1.09. The van der Waals surface area contributed by atoms with Gasteiger partial charge in [0.05, 0.1) is 0 Å². The van der Waals surface area contributed by atoms with Gasteiger partial charge in [-0.1, -0.05) is 43.0 Å². The predicted octanol–water partition coefficient (Wildman–Crippen LogP) is 1.97. The monoisotopic (exact) mass is 362 g/mol. The molecule has 1 rings (SSSR count). The Morgan fingerprint density at radius 1 is 1.19 bits per heavy atom. The van der Waals surface area contributed by atoms with Crippen LogP contribution in [0.5, 0.6) is 0 Å². The first-order chi connectivity index (χ1) is 12.2. The van der Waals surface area contributed by atoms with Crippen LogP contribution >= 0.6 is 0 Å². The van der Waals surface area contributed by atoms with Gasteiger partial charge in [-0.3, -0.25) is 9.59 Å². The zero-order valence-corrected chi connectivity index (χ0v) is 15.4. The van der Waals surface area contributed by atoms with Crippen LogP contribution in [0.2, 0.25) is 0 Å². The van der Waals surface area contributed by atoms with E-state index in [2.05, 4.69) is 17.2 Å². The van der Waals surface area contributed by atoms with Gasteiger partial charge < -0.3 is 20.1 Å². The molecule has 0 saturated carbocycles. The maximum atomic E-state index is 12.4. The third-order valence-corrected chi connectivity index (χ3v) is 3.06. The summed E-state index contributed by atoms with van der Waals surface area (Å²) in [4.78, 5) is 35.9. The average Bonchev–Trinajstić information content (AvgIpc) is 2.56. The van der Waals surface area contributed by atoms with Crippen molar-refractivity contribution in [1.29, 1.82) is 0 Å². The zero-order valence-electron chi connectivity index (χ0n) is 15.4. The summed E-state index contributed by atoms with van der Waals surface area (Å²) >= 11 is 0. The van der Waals surface area contributed by atoms with Gasteiger partial charge >= 0.3 is 12.1 Å². The minimum atomic E-state index is -0.889. The van der Waals surface area contributed by atoms with Crippen molar-refractivity contribution in [3.63, 3.8) is 0 Å². The van der Waals surface area contributed by atoms with E-state index >= 15 is 0 Å². The number of hydrogen-bond acceptors (Lipinski definition) is 5. The largest absolute Gasteiger partial charge is 0.460 e. The second kappa shape index (κ2) is 10.2. The topological polar surface area (TPSA) is 93.7 Å². The highest BCUT2D eigenvalue weighted by Gasteiger charge is 2.25. The first kappa shape index (κ1) is 21.2. The molecule has 0 aliphatic carbocycles. The van der Waals surface area contributed by atoms with Crippen LogP contribution in [0, 0.1) is 0 Å². The standard InChI is InChI=1S/C19H26N2O5/c1-5-11-25-16(22)13-20-17(23)15(12-14-9-7-6-8-10-14)21-18(24)26-19(2,3)4/h5-10,15H,1,11-13H2,2-4H3,(H,20,23)(H,21,24)/t15-/m0/s1. The second-order valence-electron chi connectivity index (χ2n) is 6.58. The fourth-order valence-electron chi connectivity index (χ4n) is 1.99. The third kappa shape index (κ3) is 8.86. The Morgan fingerprint density at radius 3 is 2.42 bits per heavy atom. The molecular formula is C19H26N2O5. The number of carbonyl (C=O) groups excluding carboxylic acids is 3. The van der Waals surface area contributed by atoms with Crippen LogP contribution in [0.3, 0.4) is 0 Å². The minimum absolute atomic E-state index is 0.0678. The van der Waals surface area contributed by atoms with Crippen molar-refractivity contribution in [3.05, 3.63) is 48.6 Å². The molecule has 0 bridgehead atoms. The van der Waals surface area contributed by atoms with Gasteiger partial charge in [0.2, 0.25) is 5.91 Å². The highest BCUT2D eigenvalue weighted by Crippen LogP contribution is 2.08. The van der Waals surface area contributed by atoms with Crippen LogP contribution in [-0.2, 0) is 25.5 Å². The lowest BCUT2D eigenvalue weighted by Gasteiger charge is -2.23. The SMILES string of the molecule is C=CCOC(=O)CNC(=O)[C@H](Cc1ccccc1)NC(=O)OC(C)(C)C. The van der Waals surface area contributed by atoms with E-state index in [1.807, 2.05) is 30.3 Å². The summed E-state index contributed by atoms with van der Waals surface area (Å²) in [5, 5.41) is 5.01. The van der Waals surface area contributed by atoms with E-state index in [1.54, 1.807) is 20.8 Å². The highest BCUT2D eigenvalue weighted by atomic mass is 16.6. The molecule has 142 valence electrons. The van der Waals surface area contributed by atoms with Crippen molar-refractivity contribution < 1.29 is 23.9 Å². The fraction of sp³-hybridized carbons (Fsp3) is 0.421.